The van der Waals surface area contributed by atoms with Gasteiger partial charge in [0, 0.05) is 43.4 Å². The molecule has 1 N–H and O–H groups in total. The summed E-state index contributed by atoms with van der Waals surface area (Å²) in [6.45, 7) is 4.22. The molecule has 0 atom stereocenters. The van der Waals surface area contributed by atoms with Gasteiger partial charge in [-0.15, -0.1) is 11.3 Å². The third kappa shape index (κ3) is 2.67. The quantitative estimate of drug-likeness (QED) is 0.606. The van der Waals surface area contributed by atoms with Crippen LogP contribution in [0.15, 0.2) is 60.4 Å². The first kappa shape index (κ1) is 15.5. The summed E-state index contributed by atoms with van der Waals surface area (Å²) in [5, 5.41) is 5.63. The van der Waals surface area contributed by atoms with Crippen molar-refractivity contribution in [3.63, 3.8) is 0 Å². The molecule has 5 nitrogen and oxygen atoms in total. The van der Waals surface area contributed by atoms with Crippen LogP contribution in [0.2, 0.25) is 0 Å². The second-order valence-electron chi connectivity index (χ2n) is 6.40. The average Bonchev–Trinajstić information content (AvgIpc) is 3.36. The molecule has 26 heavy (non-hydrogen) atoms. The minimum absolute atomic E-state index is 0.970. The molecule has 0 radical (unpaired) electrons. The first-order valence-corrected chi connectivity index (χ1v) is 9.69. The molecule has 1 aromatic carbocycles. The number of hydrogen-bond acceptors (Lipinski definition) is 5. The maximum absolute atomic E-state index is 4.60. The molecule has 0 spiro atoms. The molecule has 4 heterocycles. The van der Waals surface area contributed by atoms with Crippen molar-refractivity contribution < 1.29 is 0 Å². The average molecular weight is 361 g/mol. The van der Waals surface area contributed by atoms with Crippen molar-refractivity contribution in [2.45, 2.75) is 0 Å². The Morgan fingerprint density at radius 1 is 1.04 bits per heavy atom. The van der Waals surface area contributed by atoms with Crippen molar-refractivity contribution in [3.05, 3.63) is 60.4 Å². The third-order valence-electron chi connectivity index (χ3n) is 4.85. The third-order valence-corrected chi connectivity index (χ3v) is 5.60. The van der Waals surface area contributed by atoms with Crippen LogP contribution >= 0.6 is 11.3 Å². The van der Waals surface area contributed by atoms with Crippen molar-refractivity contribution >= 4 is 28.1 Å². The van der Waals surface area contributed by atoms with Crippen molar-refractivity contribution in [1.29, 1.82) is 0 Å². The highest BCUT2D eigenvalue weighted by Crippen LogP contribution is 2.32. The van der Waals surface area contributed by atoms with Crippen LogP contribution in [0.5, 0.6) is 0 Å². The van der Waals surface area contributed by atoms with Gasteiger partial charge in [-0.1, -0.05) is 12.1 Å². The van der Waals surface area contributed by atoms with Crippen molar-refractivity contribution in [2.75, 3.05) is 31.1 Å². The predicted octanol–water partition coefficient (Wildman–Crippen LogP) is 3.56. The van der Waals surface area contributed by atoms with E-state index in [0.717, 1.165) is 47.9 Å². The smallest absolute Gasteiger partial charge is 0.145 e. The second kappa shape index (κ2) is 6.55. The van der Waals surface area contributed by atoms with Crippen molar-refractivity contribution in [2.24, 2.45) is 0 Å². The number of anilines is 1. The molecular weight excluding hydrogens is 342 g/mol. The first-order valence-electron chi connectivity index (χ1n) is 8.81. The summed E-state index contributed by atoms with van der Waals surface area (Å²) >= 11 is 1.63. The lowest BCUT2D eigenvalue weighted by molar-refractivity contribution is 0.589. The monoisotopic (exact) mass is 361 g/mol. The van der Waals surface area contributed by atoms with Crippen LogP contribution in [0.3, 0.4) is 0 Å². The topological polar surface area (TPSA) is 46.0 Å². The summed E-state index contributed by atoms with van der Waals surface area (Å²) in [5.41, 5.74) is 6.46. The molecule has 1 aliphatic rings. The van der Waals surface area contributed by atoms with Crippen LogP contribution in [0.1, 0.15) is 0 Å². The molecule has 0 unspecified atom stereocenters. The van der Waals surface area contributed by atoms with E-state index < -0.39 is 0 Å². The molecule has 1 fully saturated rings. The first-order chi connectivity index (χ1) is 12.9. The van der Waals surface area contributed by atoms with Gasteiger partial charge in [0.15, 0.2) is 0 Å². The summed E-state index contributed by atoms with van der Waals surface area (Å²) in [6, 6.07) is 15.2. The zero-order chi connectivity index (χ0) is 17.3. The van der Waals surface area contributed by atoms with Gasteiger partial charge in [0.2, 0.25) is 0 Å². The number of benzene rings is 1. The van der Waals surface area contributed by atoms with Gasteiger partial charge < -0.3 is 10.2 Å². The van der Waals surface area contributed by atoms with Crippen LogP contribution in [0, 0.1) is 0 Å². The van der Waals surface area contributed by atoms with Gasteiger partial charge in [-0.2, -0.15) is 0 Å². The van der Waals surface area contributed by atoms with Crippen LogP contribution in [-0.4, -0.2) is 40.7 Å². The fourth-order valence-corrected chi connectivity index (χ4v) is 4.20. The molecule has 130 valence electrons. The standard InChI is InChI=1S/C20H19N5S/c1-2-16-12-18(25(20(16)23-7-1)19-13-22-14-26-19)15-3-5-17(6-4-15)24-10-8-21-9-11-24/h1-7,12-14,21H,8-11H2. The highest BCUT2D eigenvalue weighted by molar-refractivity contribution is 7.12. The maximum atomic E-state index is 4.60. The number of nitrogens with one attached hydrogen (secondary N) is 1. The van der Waals surface area contributed by atoms with Crippen LogP contribution in [0.4, 0.5) is 5.69 Å². The van der Waals surface area contributed by atoms with E-state index in [4.69, 9.17) is 0 Å². The molecular formula is C20H19N5S. The number of fused-ring (bicyclic) bond motifs is 1. The minimum atomic E-state index is 0.970. The normalized spacial score (nSPS) is 14.8. The Morgan fingerprint density at radius 3 is 2.65 bits per heavy atom. The Morgan fingerprint density at radius 2 is 1.88 bits per heavy atom. The lowest BCUT2D eigenvalue weighted by Crippen LogP contribution is -2.43. The van der Waals surface area contributed by atoms with Gasteiger partial charge in [-0.05, 0) is 35.9 Å². The van der Waals surface area contributed by atoms with Crippen LogP contribution < -0.4 is 10.2 Å². The van der Waals surface area contributed by atoms with Gasteiger partial charge in [-0.25, -0.2) is 4.98 Å². The summed E-state index contributed by atoms with van der Waals surface area (Å²) in [4.78, 5) is 11.3. The molecule has 0 aliphatic carbocycles. The lowest BCUT2D eigenvalue weighted by Gasteiger charge is -2.29. The zero-order valence-corrected chi connectivity index (χ0v) is 15.1. The molecule has 4 aromatic rings. The Labute approximate surface area is 155 Å². The highest BCUT2D eigenvalue weighted by Gasteiger charge is 2.15. The number of nitrogens with zero attached hydrogens (tertiary/aromatic N) is 4. The number of thiazole rings is 1. The molecule has 6 heteroatoms. The molecule has 0 saturated carbocycles. The van der Waals surface area contributed by atoms with E-state index in [9.17, 15) is 0 Å². The number of pyridine rings is 1. The van der Waals surface area contributed by atoms with E-state index in [1.54, 1.807) is 11.3 Å². The van der Waals surface area contributed by atoms with Gasteiger partial charge in [0.05, 0.1) is 17.4 Å². The Kier molecular flexibility index (Phi) is 3.92. The van der Waals surface area contributed by atoms with E-state index in [-0.39, 0.29) is 0 Å². The summed E-state index contributed by atoms with van der Waals surface area (Å²) in [5.74, 6) is 0. The highest BCUT2D eigenvalue weighted by atomic mass is 32.1. The molecule has 3 aromatic heterocycles. The molecule has 1 saturated heterocycles. The maximum Gasteiger partial charge on any atom is 0.145 e. The van der Waals surface area contributed by atoms with Gasteiger partial charge >= 0.3 is 0 Å². The summed E-state index contributed by atoms with van der Waals surface area (Å²) in [7, 11) is 0. The lowest BCUT2D eigenvalue weighted by atomic mass is 10.1. The van der Waals surface area contributed by atoms with E-state index in [1.165, 1.54) is 11.3 Å². The fraction of sp³-hybridized carbons (Fsp3) is 0.200. The Bertz CT molecular complexity index is 1010. The number of rotatable bonds is 3. The van der Waals surface area contributed by atoms with Crippen molar-refractivity contribution in [1.82, 2.24) is 19.9 Å². The van der Waals surface area contributed by atoms with Gasteiger partial charge in [-0.3, -0.25) is 9.55 Å². The fourth-order valence-electron chi connectivity index (χ4n) is 3.56. The van der Waals surface area contributed by atoms with Crippen LogP contribution in [-0.2, 0) is 0 Å². The zero-order valence-electron chi connectivity index (χ0n) is 14.3. The number of piperazine rings is 1. The Balaban J connectivity index is 1.59. The number of aromatic nitrogens is 3. The van der Waals surface area contributed by atoms with Gasteiger partial charge in [0.1, 0.15) is 10.6 Å². The summed E-state index contributed by atoms with van der Waals surface area (Å²) < 4.78 is 2.20. The molecule has 0 bridgehead atoms. The molecule has 5 rings (SSSR count). The minimum Gasteiger partial charge on any atom is -0.369 e. The summed E-state index contributed by atoms with van der Waals surface area (Å²) in [6.07, 6.45) is 3.74. The molecule has 0 amide bonds. The van der Waals surface area contributed by atoms with E-state index >= 15 is 0 Å². The van der Waals surface area contributed by atoms with E-state index in [1.807, 2.05) is 24.0 Å². The van der Waals surface area contributed by atoms with Crippen molar-refractivity contribution in [3.8, 4) is 16.3 Å². The predicted molar refractivity (Wildman–Crippen MR) is 107 cm³/mol. The van der Waals surface area contributed by atoms with E-state index in [0.29, 0.717) is 0 Å². The molecule has 1 aliphatic heterocycles. The van der Waals surface area contributed by atoms with Crippen LogP contribution in [0.25, 0.3) is 27.3 Å². The Hall–Kier alpha value is -2.70. The second-order valence-corrected chi connectivity index (χ2v) is 7.27. The SMILES string of the molecule is c1cnc2c(c1)cc(-c1ccc(N3CCNCC3)cc1)n2-c1cncs1. The van der Waals surface area contributed by atoms with E-state index in [2.05, 4.69) is 61.1 Å². The van der Waals surface area contributed by atoms with Gasteiger partial charge in [0.25, 0.3) is 0 Å². The largest absolute Gasteiger partial charge is 0.369 e. The number of hydrogen-bond donors (Lipinski definition) is 1.